The molecule has 0 unspecified atom stereocenters. The molecule has 3 rings (SSSR count). The summed E-state index contributed by atoms with van der Waals surface area (Å²) in [5.41, 5.74) is 1.67. The van der Waals surface area contributed by atoms with Gasteiger partial charge in [0.1, 0.15) is 5.82 Å². The van der Waals surface area contributed by atoms with E-state index in [-0.39, 0.29) is 6.03 Å². The van der Waals surface area contributed by atoms with Crippen molar-refractivity contribution in [2.45, 2.75) is 19.9 Å². The lowest BCUT2D eigenvalue weighted by Crippen LogP contribution is -2.37. The first-order chi connectivity index (χ1) is 12.6. The van der Waals surface area contributed by atoms with Crippen LogP contribution in [0.5, 0.6) is 0 Å². The number of carbonyl (C=O) groups excluding carboxylic acids is 1. The highest BCUT2D eigenvalue weighted by Crippen LogP contribution is 2.29. The Balaban J connectivity index is 1.53. The molecule has 26 heavy (non-hydrogen) atoms. The van der Waals surface area contributed by atoms with Crippen molar-refractivity contribution in [3.05, 3.63) is 41.4 Å². The molecule has 0 atom stereocenters. The van der Waals surface area contributed by atoms with Crippen molar-refractivity contribution in [1.29, 1.82) is 0 Å². The highest BCUT2D eigenvalue weighted by Gasteiger charge is 2.16. The number of hydrogen-bond acceptors (Lipinski definition) is 4. The van der Waals surface area contributed by atoms with E-state index in [1.807, 2.05) is 25.3 Å². The smallest absolute Gasteiger partial charge is 0.319 e. The predicted octanol–water partition coefficient (Wildman–Crippen LogP) is 2.89. The summed E-state index contributed by atoms with van der Waals surface area (Å²) in [6.07, 6.45) is 4.55. The third-order valence-corrected chi connectivity index (χ3v) is 4.58. The largest absolute Gasteiger partial charge is 0.378 e. The van der Waals surface area contributed by atoms with Crippen LogP contribution in [0.15, 0.2) is 30.6 Å². The standard InChI is InChI=1S/C18H24ClN5O2/c1-14-20-6-8-23(14)7-2-5-21-18(25)22-16-13-15(19)3-4-17(16)24-9-11-26-12-10-24/h3-4,6,8,13H,2,5,7,9-12H2,1H3,(H2,21,22,25). The number of urea groups is 1. The number of halogens is 1. The number of aromatic nitrogens is 2. The fourth-order valence-electron chi connectivity index (χ4n) is 2.95. The normalized spacial score (nSPS) is 14.3. The molecule has 1 aliphatic rings. The summed E-state index contributed by atoms with van der Waals surface area (Å²) in [7, 11) is 0. The van der Waals surface area contributed by atoms with Gasteiger partial charge in [0.25, 0.3) is 0 Å². The highest BCUT2D eigenvalue weighted by atomic mass is 35.5. The zero-order chi connectivity index (χ0) is 18.4. The van der Waals surface area contributed by atoms with Crippen LogP contribution in [-0.4, -0.2) is 48.4 Å². The van der Waals surface area contributed by atoms with Gasteiger partial charge in [-0.1, -0.05) is 11.6 Å². The topological polar surface area (TPSA) is 71.4 Å². The summed E-state index contributed by atoms with van der Waals surface area (Å²) in [5.74, 6) is 0.975. The number of nitrogens with one attached hydrogen (secondary N) is 2. The molecular formula is C18H24ClN5O2. The molecule has 0 radical (unpaired) electrons. The molecule has 1 aromatic heterocycles. The summed E-state index contributed by atoms with van der Waals surface area (Å²) < 4.78 is 7.46. The Morgan fingerprint density at radius 2 is 2.15 bits per heavy atom. The number of morpholine rings is 1. The summed E-state index contributed by atoms with van der Waals surface area (Å²) in [4.78, 5) is 18.6. The van der Waals surface area contributed by atoms with Crippen LogP contribution in [0.25, 0.3) is 0 Å². The number of imidazole rings is 1. The minimum Gasteiger partial charge on any atom is -0.378 e. The number of amides is 2. The Kier molecular flexibility index (Phi) is 6.35. The van der Waals surface area contributed by atoms with Gasteiger partial charge < -0.3 is 24.8 Å². The van der Waals surface area contributed by atoms with E-state index in [4.69, 9.17) is 16.3 Å². The van der Waals surface area contributed by atoms with Gasteiger partial charge in [0.05, 0.1) is 24.6 Å². The molecule has 8 heteroatoms. The molecule has 2 aromatic rings. The van der Waals surface area contributed by atoms with Gasteiger partial charge in [0.15, 0.2) is 0 Å². The number of benzene rings is 1. The van der Waals surface area contributed by atoms with Crippen molar-refractivity contribution < 1.29 is 9.53 Å². The third-order valence-electron chi connectivity index (χ3n) is 4.34. The summed E-state index contributed by atoms with van der Waals surface area (Å²) in [5, 5.41) is 6.40. The minimum atomic E-state index is -0.232. The molecule has 1 aliphatic heterocycles. The third kappa shape index (κ3) is 4.89. The van der Waals surface area contributed by atoms with E-state index in [2.05, 4.69) is 25.1 Å². The quantitative estimate of drug-likeness (QED) is 0.759. The van der Waals surface area contributed by atoms with Crippen molar-refractivity contribution in [3.63, 3.8) is 0 Å². The van der Waals surface area contributed by atoms with Gasteiger partial charge in [-0.15, -0.1) is 0 Å². The van der Waals surface area contributed by atoms with Crippen LogP contribution < -0.4 is 15.5 Å². The Labute approximate surface area is 158 Å². The van der Waals surface area contributed by atoms with E-state index >= 15 is 0 Å². The van der Waals surface area contributed by atoms with Crippen LogP contribution in [0.3, 0.4) is 0 Å². The molecule has 1 fully saturated rings. The van der Waals surface area contributed by atoms with Crippen LogP contribution >= 0.6 is 11.6 Å². The van der Waals surface area contributed by atoms with E-state index in [9.17, 15) is 4.79 Å². The van der Waals surface area contributed by atoms with E-state index in [1.165, 1.54) is 0 Å². The molecule has 2 amide bonds. The van der Waals surface area contributed by atoms with Gasteiger partial charge in [-0.3, -0.25) is 0 Å². The number of ether oxygens (including phenoxy) is 1. The number of anilines is 2. The van der Waals surface area contributed by atoms with E-state index in [0.717, 1.165) is 37.6 Å². The van der Waals surface area contributed by atoms with Crippen LogP contribution in [0.4, 0.5) is 16.2 Å². The van der Waals surface area contributed by atoms with Crippen LogP contribution in [0.2, 0.25) is 5.02 Å². The molecule has 1 saturated heterocycles. The fraction of sp³-hybridized carbons (Fsp3) is 0.444. The molecule has 2 heterocycles. The molecule has 0 bridgehead atoms. The minimum absolute atomic E-state index is 0.232. The average molecular weight is 378 g/mol. The van der Waals surface area contributed by atoms with E-state index < -0.39 is 0 Å². The Morgan fingerprint density at radius 1 is 1.35 bits per heavy atom. The maximum absolute atomic E-state index is 12.3. The number of aryl methyl sites for hydroxylation is 2. The Hall–Kier alpha value is -2.25. The lowest BCUT2D eigenvalue weighted by molar-refractivity contribution is 0.123. The van der Waals surface area contributed by atoms with Gasteiger partial charge in [-0.25, -0.2) is 9.78 Å². The zero-order valence-corrected chi connectivity index (χ0v) is 15.6. The Bertz CT molecular complexity index is 743. The Morgan fingerprint density at radius 3 is 2.88 bits per heavy atom. The molecule has 2 N–H and O–H groups in total. The molecule has 140 valence electrons. The number of rotatable bonds is 6. The maximum atomic E-state index is 12.3. The van der Waals surface area contributed by atoms with E-state index in [0.29, 0.717) is 30.5 Å². The van der Waals surface area contributed by atoms with Crippen LogP contribution in [-0.2, 0) is 11.3 Å². The number of hydrogen-bond donors (Lipinski definition) is 2. The predicted molar refractivity (Wildman–Crippen MR) is 103 cm³/mol. The second-order valence-corrected chi connectivity index (χ2v) is 6.60. The lowest BCUT2D eigenvalue weighted by atomic mass is 10.2. The van der Waals surface area contributed by atoms with E-state index in [1.54, 1.807) is 12.3 Å². The van der Waals surface area contributed by atoms with Gasteiger partial charge in [-0.05, 0) is 31.5 Å². The van der Waals surface area contributed by atoms with Crippen LogP contribution in [0.1, 0.15) is 12.2 Å². The summed E-state index contributed by atoms with van der Waals surface area (Å²) in [6.45, 7) is 6.32. The maximum Gasteiger partial charge on any atom is 0.319 e. The van der Waals surface area contributed by atoms with Gasteiger partial charge >= 0.3 is 6.03 Å². The summed E-state index contributed by atoms with van der Waals surface area (Å²) >= 11 is 6.11. The summed E-state index contributed by atoms with van der Waals surface area (Å²) in [6, 6.07) is 5.32. The molecular weight excluding hydrogens is 354 g/mol. The second kappa shape index (κ2) is 8.91. The van der Waals surface area contributed by atoms with Gasteiger partial charge in [-0.2, -0.15) is 0 Å². The molecule has 7 nitrogen and oxygen atoms in total. The van der Waals surface area contributed by atoms with Crippen molar-refractivity contribution in [1.82, 2.24) is 14.9 Å². The highest BCUT2D eigenvalue weighted by molar-refractivity contribution is 6.31. The molecule has 0 spiro atoms. The molecule has 0 aliphatic carbocycles. The van der Waals surface area contributed by atoms with Crippen LogP contribution in [0, 0.1) is 6.92 Å². The van der Waals surface area contributed by atoms with Crippen molar-refractivity contribution in [3.8, 4) is 0 Å². The first-order valence-electron chi connectivity index (χ1n) is 8.78. The van der Waals surface area contributed by atoms with Gasteiger partial charge in [0, 0.05) is 43.6 Å². The fourth-order valence-corrected chi connectivity index (χ4v) is 3.12. The lowest BCUT2D eigenvalue weighted by Gasteiger charge is -2.30. The first kappa shape index (κ1) is 18.5. The van der Waals surface area contributed by atoms with Crippen molar-refractivity contribution in [2.75, 3.05) is 43.1 Å². The number of nitrogens with zero attached hydrogens (tertiary/aromatic N) is 3. The zero-order valence-electron chi connectivity index (χ0n) is 14.9. The molecule has 1 aromatic carbocycles. The van der Waals surface area contributed by atoms with Crippen molar-refractivity contribution >= 4 is 29.0 Å². The number of carbonyl (C=O) groups is 1. The molecule has 0 saturated carbocycles. The SMILES string of the molecule is Cc1nccn1CCCNC(=O)Nc1cc(Cl)ccc1N1CCOCC1. The monoisotopic (exact) mass is 377 g/mol. The second-order valence-electron chi connectivity index (χ2n) is 6.16. The van der Waals surface area contributed by atoms with Crippen molar-refractivity contribution in [2.24, 2.45) is 0 Å². The first-order valence-corrected chi connectivity index (χ1v) is 9.16. The average Bonchev–Trinajstić information content (AvgIpc) is 3.04. The van der Waals surface area contributed by atoms with Gasteiger partial charge in [0.2, 0.25) is 0 Å².